The molecule has 5 heteroatoms. The van der Waals surface area contributed by atoms with E-state index in [0.29, 0.717) is 26.1 Å². The summed E-state index contributed by atoms with van der Waals surface area (Å²) in [5.41, 5.74) is 0. The molecule has 364 valence electrons. The summed E-state index contributed by atoms with van der Waals surface area (Å²) in [6.45, 7) is 7.84. The van der Waals surface area contributed by atoms with Gasteiger partial charge in [0.25, 0.3) is 0 Å². The van der Waals surface area contributed by atoms with Crippen LogP contribution in [0.5, 0.6) is 0 Å². The van der Waals surface area contributed by atoms with E-state index in [1.807, 2.05) is 0 Å². The van der Waals surface area contributed by atoms with Gasteiger partial charge in [0.05, 0.1) is 6.61 Å². The molecule has 0 radical (unpaired) electrons. The maximum absolute atomic E-state index is 12.8. The number of ether oxygens (including phenoxy) is 3. The van der Waals surface area contributed by atoms with Crippen molar-refractivity contribution in [3.63, 3.8) is 0 Å². The first-order chi connectivity index (χ1) is 30.6. The van der Waals surface area contributed by atoms with E-state index in [9.17, 15) is 9.59 Å². The SMILES string of the molecule is CCCCC/C=C\C/C=C\C/C=C\CCCCCCCCC(=O)OCC(COCCCCCCCCCCCCCC)OC(=O)CCCCCCCCCCCCCCCCC. The summed E-state index contributed by atoms with van der Waals surface area (Å²) in [5, 5.41) is 0. The van der Waals surface area contributed by atoms with E-state index in [4.69, 9.17) is 14.2 Å². The molecule has 0 aromatic carbocycles. The molecule has 0 aromatic rings. The van der Waals surface area contributed by atoms with E-state index in [2.05, 4.69) is 57.2 Å². The Hall–Kier alpha value is -1.88. The highest BCUT2D eigenvalue weighted by atomic mass is 16.6. The van der Waals surface area contributed by atoms with Crippen molar-refractivity contribution < 1.29 is 23.8 Å². The van der Waals surface area contributed by atoms with Crippen molar-refractivity contribution in [3.8, 4) is 0 Å². The van der Waals surface area contributed by atoms with E-state index in [1.165, 1.54) is 199 Å². The Labute approximate surface area is 387 Å². The molecule has 0 saturated heterocycles. The second-order valence-electron chi connectivity index (χ2n) is 18.5. The van der Waals surface area contributed by atoms with Gasteiger partial charge in [0.1, 0.15) is 6.61 Å². The minimum Gasteiger partial charge on any atom is -0.462 e. The van der Waals surface area contributed by atoms with Crippen molar-refractivity contribution in [1.82, 2.24) is 0 Å². The summed E-state index contributed by atoms with van der Waals surface area (Å²) in [4.78, 5) is 25.4. The summed E-state index contributed by atoms with van der Waals surface area (Å²) >= 11 is 0. The quantitative estimate of drug-likeness (QED) is 0.0346. The van der Waals surface area contributed by atoms with Crippen LogP contribution in [0.1, 0.15) is 290 Å². The molecule has 0 amide bonds. The fourth-order valence-electron chi connectivity index (χ4n) is 8.05. The van der Waals surface area contributed by atoms with Crippen LogP contribution in [0, 0.1) is 0 Å². The topological polar surface area (TPSA) is 61.8 Å². The molecule has 0 spiro atoms. The van der Waals surface area contributed by atoms with Crippen molar-refractivity contribution in [2.24, 2.45) is 0 Å². The Morgan fingerprint density at radius 2 is 0.677 bits per heavy atom. The van der Waals surface area contributed by atoms with Gasteiger partial charge in [-0.05, 0) is 57.8 Å². The van der Waals surface area contributed by atoms with Crippen LogP contribution in [-0.4, -0.2) is 37.9 Å². The Morgan fingerprint density at radius 1 is 0.355 bits per heavy atom. The van der Waals surface area contributed by atoms with Gasteiger partial charge in [-0.2, -0.15) is 0 Å². The molecule has 1 unspecified atom stereocenters. The average molecular weight is 871 g/mol. The summed E-state index contributed by atoms with van der Waals surface area (Å²) < 4.78 is 17.4. The zero-order chi connectivity index (χ0) is 44.9. The van der Waals surface area contributed by atoms with Gasteiger partial charge in [0, 0.05) is 19.4 Å². The van der Waals surface area contributed by atoms with Crippen LogP contribution < -0.4 is 0 Å². The van der Waals surface area contributed by atoms with Gasteiger partial charge < -0.3 is 14.2 Å². The number of hydrogen-bond donors (Lipinski definition) is 0. The fraction of sp³-hybridized carbons (Fsp3) is 0.860. The number of hydrogen-bond acceptors (Lipinski definition) is 5. The lowest BCUT2D eigenvalue weighted by atomic mass is 10.0. The van der Waals surface area contributed by atoms with Crippen molar-refractivity contribution in [1.29, 1.82) is 0 Å². The highest BCUT2D eigenvalue weighted by Gasteiger charge is 2.17. The summed E-state index contributed by atoms with van der Waals surface area (Å²) in [7, 11) is 0. The smallest absolute Gasteiger partial charge is 0.306 e. The van der Waals surface area contributed by atoms with Gasteiger partial charge in [-0.15, -0.1) is 0 Å². The molecule has 0 aliphatic heterocycles. The van der Waals surface area contributed by atoms with Crippen LogP contribution in [0.4, 0.5) is 0 Å². The molecule has 0 aliphatic rings. The molecular formula is C57H106O5. The standard InChI is InChI=1S/C57H106O5/c1-4-7-10-13-16-19-22-25-27-28-29-30-32-33-35-38-41-44-47-50-56(58)61-54-55(53-60-52-49-46-43-40-37-24-21-18-15-12-9-6-3)62-57(59)51-48-45-42-39-36-34-31-26-23-20-17-14-11-8-5-2/h16,19,25,27,29-30,55H,4-15,17-18,20-24,26,28,31-54H2,1-3H3/b19-16-,27-25-,30-29-. The summed E-state index contributed by atoms with van der Waals surface area (Å²) in [6, 6.07) is 0. The third kappa shape index (κ3) is 50.8. The van der Waals surface area contributed by atoms with Crippen LogP contribution in [-0.2, 0) is 23.8 Å². The van der Waals surface area contributed by atoms with Gasteiger partial charge >= 0.3 is 11.9 Å². The predicted octanol–water partition coefficient (Wildman–Crippen LogP) is 18.6. The normalized spacial score (nSPS) is 12.4. The third-order valence-corrected chi connectivity index (χ3v) is 12.2. The van der Waals surface area contributed by atoms with Gasteiger partial charge in [0.2, 0.25) is 0 Å². The minimum absolute atomic E-state index is 0.0847. The molecule has 0 fully saturated rings. The largest absolute Gasteiger partial charge is 0.462 e. The minimum atomic E-state index is -0.535. The van der Waals surface area contributed by atoms with Gasteiger partial charge in [0.15, 0.2) is 6.10 Å². The number of rotatable bonds is 51. The van der Waals surface area contributed by atoms with Crippen molar-refractivity contribution in [2.45, 2.75) is 297 Å². The first-order valence-corrected chi connectivity index (χ1v) is 27.5. The van der Waals surface area contributed by atoms with E-state index < -0.39 is 6.10 Å². The molecule has 0 saturated carbocycles. The lowest BCUT2D eigenvalue weighted by Crippen LogP contribution is -2.30. The highest BCUT2D eigenvalue weighted by Crippen LogP contribution is 2.16. The van der Waals surface area contributed by atoms with Crippen LogP contribution >= 0.6 is 0 Å². The number of unbranched alkanes of at least 4 members (excludes halogenated alkanes) is 34. The molecular weight excluding hydrogens is 765 g/mol. The van der Waals surface area contributed by atoms with Crippen molar-refractivity contribution >= 4 is 11.9 Å². The Balaban J connectivity index is 4.22. The highest BCUT2D eigenvalue weighted by molar-refractivity contribution is 5.70. The van der Waals surface area contributed by atoms with Crippen LogP contribution in [0.15, 0.2) is 36.5 Å². The molecule has 0 aromatic heterocycles. The molecule has 62 heavy (non-hydrogen) atoms. The molecule has 0 bridgehead atoms. The maximum atomic E-state index is 12.8. The zero-order valence-electron chi connectivity index (χ0n) is 41.9. The van der Waals surface area contributed by atoms with E-state index >= 15 is 0 Å². The molecule has 0 aliphatic carbocycles. The lowest BCUT2D eigenvalue weighted by molar-refractivity contribution is -0.163. The maximum Gasteiger partial charge on any atom is 0.306 e. The van der Waals surface area contributed by atoms with Gasteiger partial charge in [-0.25, -0.2) is 0 Å². The van der Waals surface area contributed by atoms with Crippen LogP contribution in [0.25, 0.3) is 0 Å². The number of allylic oxidation sites excluding steroid dienone is 6. The molecule has 1 atom stereocenters. The Bertz CT molecular complexity index is 986. The Morgan fingerprint density at radius 3 is 1.11 bits per heavy atom. The second-order valence-corrected chi connectivity index (χ2v) is 18.5. The first kappa shape index (κ1) is 60.1. The van der Waals surface area contributed by atoms with Crippen molar-refractivity contribution in [3.05, 3.63) is 36.5 Å². The molecule has 0 heterocycles. The number of esters is 2. The lowest BCUT2D eigenvalue weighted by Gasteiger charge is -2.18. The van der Waals surface area contributed by atoms with E-state index in [-0.39, 0.29) is 18.5 Å². The number of carbonyl (C=O) groups is 2. The average Bonchev–Trinajstić information content (AvgIpc) is 3.27. The van der Waals surface area contributed by atoms with Crippen LogP contribution in [0.3, 0.4) is 0 Å². The van der Waals surface area contributed by atoms with Crippen LogP contribution in [0.2, 0.25) is 0 Å². The monoisotopic (exact) mass is 871 g/mol. The Kier molecular flexibility index (Phi) is 51.8. The van der Waals surface area contributed by atoms with Crippen molar-refractivity contribution in [2.75, 3.05) is 19.8 Å². The van der Waals surface area contributed by atoms with Gasteiger partial charge in [-0.3, -0.25) is 9.59 Å². The summed E-state index contributed by atoms with van der Waals surface area (Å²) in [6.07, 6.45) is 64.3. The molecule has 0 N–H and O–H groups in total. The zero-order valence-corrected chi connectivity index (χ0v) is 41.9. The molecule has 5 nitrogen and oxygen atoms in total. The second kappa shape index (κ2) is 53.5. The van der Waals surface area contributed by atoms with E-state index in [0.717, 1.165) is 57.8 Å². The number of carbonyl (C=O) groups excluding carboxylic acids is 2. The van der Waals surface area contributed by atoms with Gasteiger partial charge in [-0.1, -0.05) is 256 Å². The van der Waals surface area contributed by atoms with E-state index in [1.54, 1.807) is 0 Å². The molecule has 0 rings (SSSR count). The predicted molar refractivity (Wildman–Crippen MR) is 270 cm³/mol. The third-order valence-electron chi connectivity index (χ3n) is 12.2. The first-order valence-electron chi connectivity index (χ1n) is 27.5. The summed E-state index contributed by atoms with van der Waals surface area (Å²) in [5.74, 6) is -0.393. The fourth-order valence-corrected chi connectivity index (χ4v) is 8.05.